The van der Waals surface area contributed by atoms with E-state index < -0.39 is 0 Å². The minimum absolute atomic E-state index is 0. The van der Waals surface area contributed by atoms with Gasteiger partial charge in [-0.3, -0.25) is 0 Å². The minimum Gasteiger partial charge on any atom is -0.130 e. The van der Waals surface area contributed by atoms with Crippen LogP contribution in [0.4, 0.5) is 0 Å². The largest absolute Gasteiger partial charge is 0.130 e. The Balaban J connectivity index is 0.000000397. The maximum atomic E-state index is 3.44. The van der Waals surface area contributed by atoms with Gasteiger partial charge in [0.15, 0.2) is 0 Å². The van der Waals surface area contributed by atoms with E-state index in [9.17, 15) is 0 Å². The van der Waals surface area contributed by atoms with Crippen molar-refractivity contribution in [1.29, 1.82) is 0 Å². The summed E-state index contributed by atoms with van der Waals surface area (Å²) < 4.78 is 1.18. The van der Waals surface area contributed by atoms with Crippen LogP contribution in [-0.2, 0) is 12.8 Å². The van der Waals surface area contributed by atoms with Crippen LogP contribution in [0.3, 0.4) is 0 Å². The highest BCUT2D eigenvalue weighted by molar-refractivity contribution is 9.10. The van der Waals surface area contributed by atoms with E-state index in [4.69, 9.17) is 0 Å². The second kappa shape index (κ2) is 14.4. The number of rotatable bonds is 2. The first-order valence-electron chi connectivity index (χ1n) is 8.03. The lowest BCUT2D eigenvalue weighted by Crippen LogP contribution is -1.81. The summed E-state index contributed by atoms with van der Waals surface area (Å²) in [6.45, 7) is 0. The molecule has 2 aliphatic rings. The molecule has 0 atom stereocenters. The lowest BCUT2D eigenvalue weighted by atomic mass is 10.1. The van der Waals surface area contributed by atoms with Crippen molar-refractivity contribution >= 4 is 61.4 Å². The van der Waals surface area contributed by atoms with Gasteiger partial charge in [0.1, 0.15) is 0 Å². The quantitative estimate of drug-likeness (QED) is 0.309. The van der Waals surface area contributed by atoms with E-state index in [-0.39, 0.29) is 14.9 Å². The highest BCUT2D eigenvalue weighted by Gasteiger charge is 2.04. The highest BCUT2D eigenvalue weighted by Crippen LogP contribution is 2.24. The summed E-state index contributed by atoms with van der Waals surface area (Å²) in [4.78, 5) is 1.37. The summed E-state index contributed by atoms with van der Waals surface area (Å²) in [6, 6.07) is 13.1. The predicted octanol–water partition coefficient (Wildman–Crippen LogP) is 8.90. The fraction of sp³-hybridized carbons (Fsp3) is 0.304. The van der Waals surface area contributed by atoms with E-state index in [0.29, 0.717) is 0 Å². The Morgan fingerprint density at radius 2 is 1.26 bits per heavy atom. The van der Waals surface area contributed by atoms with Gasteiger partial charge in [-0.05, 0) is 78.1 Å². The molecule has 0 aromatic heterocycles. The zero-order chi connectivity index (χ0) is 18.1. The van der Waals surface area contributed by atoms with Crippen LogP contribution in [0, 0.1) is 0 Å². The Labute approximate surface area is 187 Å². The Morgan fingerprint density at radius 1 is 0.741 bits per heavy atom. The standard InChI is InChI=1S/C10H10S.C9H7Br.C2H6S2.2CH4/c1-11-10-6-5-8-3-2-4-9(8)7-10;10-9-5-4-7-2-1-3-8(7)6-9;1-3-4-2;;/h2-3,5-7H,4H2,1H3;1-2,4-6H,3H2;1-2H3;2*1H4. The molecule has 27 heavy (non-hydrogen) atoms. The summed E-state index contributed by atoms with van der Waals surface area (Å²) in [7, 11) is 3.55. The van der Waals surface area contributed by atoms with Crippen molar-refractivity contribution in [2.24, 2.45) is 0 Å². The molecule has 0 unspecified atom stereocenters. The topological polar surface area (TPSA) is 0 Å². The molecule has 0 heterocycles. The van der Waals surface area contributed by atoms with Gasteiger partial charge in [0, 0.05) is 9.37 Å². The average Bonchev–Trinajstić information content (AvgIpc) is 3.30. The van der Waals surface area contributed by atoms with Crippen molar-refractivity contribution in [1.82, 2.24) is 0 Å². The van der Waals surface area contributed by atoms with Gasteiger partial charge in [-0.1, -0.05) is 88.8 Å². The molecular formula is C23H31BrS3. The molecule has 0 saturated heterocycles. The van der Waals surface area contributed by atoms with Gasteiger partial charge in [0.25, 0.3) is 0 Å². The summed E-state index contributed by atoms with van der Waals surface area (Å²) in [5, 5.41) is 0. The number of thioether (sulfide) groups is 1. The fourth-order valence-electron chi connectivity index (χ4n) is 2.59. The van der Waals surface area contributed by atoms with Crippen molar-refractivity contribution < 1.29 is 0 Å². The Bertz CT molecular complexity index is 749. The Hall–Kier alpha value is -0.550. The van der Waals surface area contributed by atoms with Gasteiger partial charge in [-0.2, -0.15) is 0 Å². The van der Waals surface area contributed by atoms with Crippen LogP contribution >= 0.6 is 49.3 Å². The van der Waals surface area contributed by atoms with Crippen LogP contribution < -0.4 is 0 Å². The zero-order valence-corrected chi connectivity index (χ0v) is 18.8. The van der Waals surface area contributed by atoms with Crippen molar-refractivity contribution in [3.63, 3.8) is 0 Å². The molecule has 148 valence electrons. The summed E-state index contributed by atoms with van der Waals surface area (Å²) in [5.74, 6) is 0. The van der Waals surface area contributed by atoms with Gasteiger partial charge < -0.3 is 0 Å². The zero-order valence-electron chi connectivity index (χ0n) is 14.8. The van der Waals surface area contributed by atoms with E-state index in [2.05, 4.69) is 95.4 Å². The van der Waals surface area contributed by atoms with Crippen LogP contribution in [0.2, 0.25) is 0 Å². The molecule has 0 amide bonds. The highest BCUT2D eigenvalue weighted by atomic mass is 79.9. The fourth-order valence-corrected chi connectivity index (χ4v) is 3.46. The lowest BCUT2D eigenvalue weighted by molar-refractivity contribution is 1.26. The van der Waals surface area contributed by atoms with Crippen molar-refractivity contribution in [3.05, 3.63) is 75.3 Å². The molecule has 0 aliphatic heterocycles. The molecule has 2 aromatic carbocycles. The normalized spacial score (nSPS) is 11.7. The summed E-state index contributed by atoms with van der Waals surface area (Å²) in [5.41, 5.74) is 5.65. The molecule has 4 rings (SSSR count). The van der Waals surface area contributed by atoms with E-state index in [0.717, 1.165) is 12.8 Å². The molecule has 4 heteroatoms. The molecule has 0 spiro atoms. The third-order valence-corrected chi connectivity index (χ3v) is 6.44. The number of benzene rings is 2. The summed E-state index contributed by atoms with van der Waals surface area (Å²) in [6.07, 6.45) is 17.2. The van der Waals surface area contributed by atoms with Crippen LogP contribution in [0.1, 0.15) is 37.1 Å². The van der Waals surface area contributed by atoms with Gasteiger partial charge in [-0.15, -0.1) is 11.8 Å². The molecule has 2 aliphatic carbocycles. The second-order valence-corrected chi connectivity index (χ2v) is 9.92. The molecule has 0 fully saturated rings. The number of allylic oxidation sites excluding steroid dienone is 2. The smallest absolute Gasteiger partial charge is 0.0178 e. The first-order valence-corrected chi connectivity index (χ1v) is 13.0. The number of hydrogen-bond acceptors (Lipinski definition) is 3. The maximum absolute atomic E-state index is 3.44. The van der Waals surface area contributed by atoms with Crippen LogP contribution in [0.15, 0.2) is 57.9 Å². The number of halogens is 1. The number of fused-ring (bicyclic) bond motifs is 2. The van der Waals surface area contributed by atoms with Crippen LogP contribution in [0.25, 0.3) is 12.2 Å². The molecule has 0 radical (unpaired) electrons. The molecule has 0 bridgehead atoms. The average molecular weight is 484 g/mol. The third kappa shape index (κ3) is 8.55. The molecule has 2 aromatic rings. The Kier molecular flexibility index (Phi) is 14.2. The Morgan fingerprint density at radius 3 is 1.78 bits per heavy atom. The van der Waals surface area contributed by atoms with Gasteiger partial charge in [0.2, 0.25) is 0 Å². The van der Waals surface area contributed by atoms with Crippen molar-refractivity contribution in [2.75, 3.05) is 18.8 Å². The third-order valence-electron chi connectivity index (χ3n) is 3.89. The van der Waals surface area contributed by atoms with Crippen LogP contribution in [-0.4, -0.2) is 18.8 Å². The molecule has 0 saturated carbocycles. The first-order chi connectivity index (χ1) is 12.2. The van der Waals surface area contributed by atoms with Crippen LogP contribution in [0.5, 0.6) is 0 Å². The minimum atomic E-state index is 0. The van der Waals surface area contributed by atoms with Gasteiger partial charge in [0.05, 0.1) is 0 Å². The lowest BCUT2D eigenvalue weighted by Gasteiger charge is -2.00. The van der Waals surface area contributed by atoms with Gasteiger partial charge >= 0.3 is 0 Å². The molecule has 0 N–H and O–H groups in total. The predicted molar refractivity (Wildman–Crippen MR) is 138 cm³/mol. The summed E-state index contributed by atoms with van der Waals surface area (Å²) >= 11 is 5.24. The van der Waals surface area contributed by atoms with Crippen molar-refractivity contribution in [2.45, 2.75) is 32.6 Å². The van der Waals surface area contributed by atoms with E-state index in [1.165, 1.54) is 31.6 Å². The maximum Gasteiger partial charge on any atom is 0.0178 e. The number of hydrogen-bond donors (Lipinski definition) is 0. The van der Waals surface area contributed by atoms with Crippen molar-refractivity contribution in [3.8, 4) is 0 Å². The van der Waals surface area contributed by atoms with Gasteiger partial charge in [-0.25, -0.2) is 0 Å². The monoisotopic (exact) mass is 482 g/mol. The van der Waals surface area contributed by atoms with E-state index in [1.54, 1.807) is 21.6 Å². The van der Waals surface area contributed by atoms with E-state index >= 15 is 0 Å². The SMILES string of the molecule is Brc1ccc2c(c1)CC=C2.C.C.CSSC.CSc1ccc2c(c1)CC=C2. The second-order valence-electron chi connectivity index (χ2n) is 5.45. The first kappa shape index (κ1) is 26.4. The molecular weight excluding hydrogens is 452 g/mol. The van der Waals surface area contributed by atoms with E-state index in [1.807, 2.05) is 11.8 Å². The molecule has 0 nitrogen and oxygen atoms in total.